The zero-order chi connectivity index (χ0) is 12.1. The van der Waals surface area contributed by atoms with E-state index in [4.69, 9.17) is 5.73 Å². The first-order valence-electron chi connectivity index (χ1n) is 5.49. The van der Waals surface area contributed by atoms with E-state index in [2.05, 4.69) is 41.2 Å². The Labute approximate surface area is 97.1 Å². The van der Waals surface area contributed by atoms with Crippen LogP contribution in [0.25, 0.3) is 0 Å². The van der Waals surface area contributed by atoms with Crippen molar-refractivity contribution in [1.82, 2.24) is 14.9 Å². The third-order valence-corrected chi connectivity index (χ3v) is 2.38. The van der Waals surface area contributed by atoms with E-state index >= 15 is 0 Å². The lowest BCUT2D eigenvalue weighted by Gasteiger charge is -2.18. The number of aryl methyl sites for hydroxylation is 1. The number of nitrogen functional groups attached to an aromatic ring is 1. The molecule has 0 bridgehead atoms. The minimum atomic E-state index is 0.313. The van der Waals surface area contributed by atoms with Crippen molar-refractivity contribution in [2.75, 3.05) is 31.7 Å². The highest BCUT2D eigenvalue weighted by molar-refractivity contribution is 5.45. The molecule has 0 aliphatic rings. The van der Waals surface area contributed by atoms with Gasteiger partial charge in [-0.3, -0.25) is 0 Å². The Hall–Kier alpha value is -1.36. The molecule has 0 spiro atoms. The van der Waals surface area contributed by atoms with Gasteiger partial charge < -0.3 is 16.0 Å². The highest BCUT2D eigenvalue weighted by Gasteiger charge is 2.06. The van der Waals surface area contributed by atoms with Crippen molar-refractivity contribution < 1.29 is 0 Å². The van der Waals surface area contributed by atoms with Crippen LogP contribution in [-0.4, -0.2) is 41.5 Å². The summed E-state index contributed by atoms with van der Waals surface area (Å²) < 4.78 is 0. The van der Waals surface area contributed by atoms with Gasteiger partial charge in [0.15, 0.2) is 0 Å². The van der Waals surface area contributed by atoms with Gasteiger partial charge >= 0.3 is 0 Å². The van der Waals surface area contributed by atoms with Crippen molar-refractivity contribution in [3.63, 3.8) is 0 Å². The Morgan fingerprint density at radius 2 is 2.19 bits per heavy atom. The van der Waals surface area contributed by atoms with Crippen molar-refractivity contribution in [2.45, 2.75) is 26.3 Å². The molecule has 1 heterocycles. The maximum absolute atomic E-state index is 5.55. The Kier molecular flexibility index (Phi) is 4.49. The average Bonchev–Trinajstić information content (AvgIpc) is 2.20. The number of nitrogens with two attached hydrogens (primary N) is 1. The van der Waals surface area contributed by atoms with Crippen LogP contribution >= 0.6 is 0 Å². The van der Waals surface area contributed by atoms with E-state index in [0.717, 1.165) is 24.3 Å². The van der Waals surface area contributed by atoms with Gasteiger partial charge in [0.05, 0.1) is 0 Å². The molecule has 1 atom stereocenters. The molecule has 0 radical (unpaired) electrons. The molecule has 0 amide bonds. The van der Waals surface area contributed by atoms with E-state index in [1.165, 1.54) is 0 Å². The van der Waals surface area contributed by atoms with Crippen LogP contribution in [0.5, 0.6) is 0 Å². The third-order valence-electron chi connectivity index (χ3n) is 2.38. The highest BCUT2D eigenvalue weighted by atomic mass is 15.1. The molecule has 1 aromatic rings. The number of hydrogen-bond acceptors (Lipinski definition) is 5. The summed E-state index contributed by atoms with van der Waals surface area (Å²) >= 11 is 0. The molecule has 0 saturated carbocycles. The van der Waals surface area contributed by atoms with Crippen LogP contribution in [-0.2, 0) is 0 Å². The van der Waals surface area contributed by atoms with Gasteiger partial charge in [0.2, 0.25) is 5.95 Å². The topological polar surface area (TPSA) is 67.1 Å². The molecule has 0 saturated heterocycles. The van der Waals surface area contributed by atoms with E-state index in [-0.39, 0.29) is 0 Å². The minimum Gasteiger partial charge on any atom is -0.368 e. The van der Waals surface area contributed by atoms with E-state index in [0.29, 0.717) is 12.0 Å². The van der Waals surface area contributed by atoms with Crippen LogP contribution in [0.4, 0.5) is 11.8 Å². The van der Waals surface area contributed by atoms with Gasteiger partial charge in [-0.25, -0.2) is 4.98 Å². The number of rotatable bonds is 5. The monoisotopic (exact) mass is 223 g/mol. The molecule has 1 unspecified atom stereocenters. The molecule has 5 nitrogen and oxygen atoms in total. The standard InChI is InChI=1S/C11H21N5/c1-8-7-13-11(12)15-10(8)14-9(2)5-6-16(3)4/h7,9H,5-6H2,1-4H3,(H3,12,13,14,15). The summed E-state index contributed by atoms with van der Waals surface area (Å²) in [6.07, 6.45) is 2.81. The molecule has 5 heteroatoms. The Morgan fingerprint density at radius 3 is 2.81 bits per heavy atom. The fourth-order valence-electron chi connectivity index (χ4n) is 1.36. The third kappa shape index (κ3) is 4.02. The van der Waals surface area contributed by atoms with Crippen LogP contribution in [0, 0.1) is 6.92 Å². The molecule has 0 aliphatic heterocycles. The van der Waals surface area contributed by atoms with Crippen molar-refractivity contribution in [3.05, 3.63) is 11.8 Å². The van der Waals surface area contributed by atoms with Crippen molar-refractivity contribution >= 4 is 11.8 Å². The summed E-state index contributed by atoms with van der Waals surface area (Å²) in [5, 5.41) is 3.35. The van der Waals surface area contributed by atoms with E-state index in [1.54, 1.807) is 6.20 Å². The Bertz CT molecular complexity index is 337. The van der Waals surface area contributed by atoms with Gasteiger partial charge in [-0.05, 0) is 40.9 Å². The summed E-state index contributed by atoms with van der Waals surface area (Å²) in [4.78, 5) is 10.3. The number of hydrogen-bond donors (Lipinski definition) is 2. The average molecular weight is 223 g/mol. The summed E-state index contributed by atoms with van der Waals surface area (Å²) in [5.74, 6) is 1.15. The second-order valence-corrected chi connectivity index (χ2v) is 4.40. The predicted octanol–water partition coefficient (Wildman–Crippen LogP) is 1.12. The quantitative estimate of drug-likeness (QED) is 0.783. The second kappa shape index (κ2) is 5.65. The normalized spacial score (nSPS) is 12.8. The van der Waals surface area contributed by atoms with E-state index in [9.17, 15) is 0 Å². The molecule has 16 heavy (non-hydrogen) atoms. The lowest BCUT2D eigenvalue weighted by atomic mass is 10.2. The number of aromatic nitrogens is 2. The first-order valence-corrected chi connectivity index (χ1v) is 5.49. The van der Waals surface area contributed by atoms with Gasteiger partial charge in [-0.2, -0.15) is 4.98 Å². The van der Waals surface area contributed by atoms with Gasteiger partial charge in [-0.1, -0.05) is 0 Å². The van der Waals surface area contributed by atoms with Crippen LogP contribution < -0.4 is 11.1 Å². The first kappa shape index (κ1) is 12.7. The molecule has 0 aliphatic carbocycles. The Balaban J connectivity index is 2.55. The van der Waals surface area contributed by atoms with Gasteiger partial charge in [-0.15, -0.1) is 0 Å². The predicted molar refractivity (Wildman–Crippen MR) is 67.4 cm³/mol. The maximum atomic E-state index is 5.55. The zero-order valence-corrected chi connectivity index (χ0v) is 10.5. The lowest BCUT2D eigenvalue weighted by molar-refractivity contribution is 0.390. The van der Waals surface area contributed by atoms with Crippen LogP contribution in [0.3, 0.4) is 0 Å². The van der Waals surface area contributed by atoms with Gasteiger partial charge in [0.25, 0.3) is 0 Å². The van der Waals surface area contributed by atoms with Gasteiger partial charge in [0.1, 0.15) is 5.82 Å². The molecular weight excluding hydrogens is 202 g/mol. The number of nitrogens with one attached hydrogen (secondary N) is 1. The summed E-state index contributed by atoms with van der Waals surface area (Å²) in [7, 11) is 4.14. The summed E-state index contributed by atoms with van der Waals surface area (Å²) in [5.41, 5.74) is 6.57. The largest absolute Gasteiger partial charge is 0.368 e. The van der Waals surface area contributed by atoms with E-state index < -0.39 is 0 Å². The van der Waals surface area contributed by atoms with Crippen LogP contribution in [0.1, 0.15) is 18.9 Å². The van der Waals surface area contributed by atoms with Gasteiger partial charge in [0, 0.05) is 17.8 Å². The fourth-order valence-corrected chi connectivity index (χ4v) is 1.36. The van der Waals surface area contributed by atoms with E-state index in [1.807, 2.05) is 6.92 Å². The molecule has 1 rings (SSSR count). The minimum absolute atomic E-state index is 0.313. The fraction of sp³-hybridized carbons (Fsp3) is 0.636. The molecule has 3 N–H and O–H groups in total. The van der Waals surface area contributed by atoms with Crippen molar-refractivity contribution in [2.24, 2.45) is 0 Å². The molecule has 0 aromatic carbocycles. The second-order valence-electron chi connectivity index (χ2n) is 4.40. The molecule has 1 aromatic heterocycles. The van der Waals surface area contributed by atoms with Crippen molar-refractivity contribution in [3.8, 4) is 0 Å². The summed E-state index contributed by atoms with van der Waals surface area (Å²) in [6, 6.07) is 0.371. The van der Waals surface area contributed by atoms with Crippen LogP contribution in [0.15, 0.2) is 6.20 Å². The number of nitrogens with zero attached hydrogens (tertiary/aromatic N) is 3. The van der Waals surface area contributed by atoms with Crippen molar-refractivity contribution in [1.29, 1.82) is 0 Å². The number of anilines is 2. The Morgan fingerprint density at radius 1 is 1.50 bits per heavy atom. The summed E-state index contributed by atoms with van der Waals surface area (Å²) in [6.45, 7) is 5.16. The highest BCUT2D eigenvalue weighted by Crippen LogP contribution is 2.13. The zero-order valence-electron chi connectivity index (χ0n) is 10.5. The SMILES string of the molecule is Cc1cnc(N)nc1NC(C)CCN(C)C. The molecular formula is C11H21N5. The smallest absolute Gasteiger partial charge is 0.221 e. The first-order chi connectivity index (χ1) is 7.49. The molecule has 0 fully saturated rings. The maximum Gasteiger partial charge on any atom is 0.221 e. The lowest BCUT2D eigenvalue weighted by Crippen LogP contribution is -2.24. The van der Waals surface area contributed by atoms with Crippen LogP contribution in [0.2, 0.25) is 0 Å². The molecule has 90 valence electrons.